The second-order valence-electron chi connectivity index (χ2n) is 8.94. The topological polar surface area (TPSA) is 87.5 Å². The van der Waals surface area contributed by atoms with Gasteiger partial charge in [-0.25, -0.2) is 8.42 Å². The Balaban J connectivity index is 1.52. The lowest BCUT2D eigenvalue weighted by molar-refractivity contribution is 0.383. The number of aromatic nitrogens is 1. The van der Waals surface area contributed by atoms with E-state index in [1.165, 1.54) is 5.56 Å². The Morgan fingerprint density at radius 1 is 1.05 bits per heavy atom. The molecule has 0 unspecified atom stereocenters. The molecule has 4 aromatic rings. The number of thiocarbonyl (C=S) groups is 1. The Labute approximate surface area is 226 Å². The summed E-state index contributed by atoms with van der Waals surface area (Å²) in [6.45, 7) is 3.92. The van der Waals surface area contributed by atoms with Crippen LogP contribution in [0.1, 0.15) is 34.7 Å². The molecule has 1 aliphatic rings. The lowest BCUT2D eigenvalue weighted by Gasteiger charge is -2.26. The van der Waals surface area contributed by atoms with Crippen molar-refractivity contribution in [2.75, 3.05) is 15.9 Å². The molecule has 0 spiro atoms. The molecule has 0 saturated carbocycles. The molecule has 0 amide bonds. The van der Waals surface area contributed by atoms with Crippen molar-refractivity contribution in [1.29, 1.82) is 0 Å². The van der Waals surface area contributed by atoms with Crippen LogP contribution in [-0.4, -0.2) is 24.8 Å². The van der Waals surface area contributed by atoms with Crippen molar-refractivity contribution in [1.82, 2.24) is 10.3 Å². The SMILES string of the molecule is Cc1ccc(Sc2ccc([C@H]3[C@@H](c4ccccn4)NC(=S)N3c3ccc(NS(C)(=O)=O)c(C)c3)o2)cc1. The van der Waals surface area contributed by atoms with Crippen LogP contribution in [0.25, 0.3) is 0 Å². The predicted octanol–water partition coefficient (Wildman–Crippen LogP) is 5.99. The Kier molecular flexibility index (Phi) is 6.98. The van der Waals surface area contributed by atoms with Crippen molar-refractivity contribution in [3.8, 4) is 0 Å². The summed E-state index contributed by atoms with van der Waals surface area (Å²) in [5.41, 5.74) is 4.17. The van der Waals surface area contributed by atoms with Gasteiger partial charge in [-0.1, -0.05) is 35.5 Å². The molecule has 7 nitrogen and oxygen atoms in total. The van der Waals surface area contributed by atoms with Gasteiger partial charge in [-0.3, -0.25) is 9.71 Å². The van der Waals surface area contributed by atoms with Crippen LogP contribution in [0.2, 0.25) is 0 Å². The molecular weight excluding hydrogens is 525 g/mol. The van der Waals surface area contributed by atoms with Crippen LogP contribution in [0.4, 0.5) is 11.4 Å². The van der Waals surface area contributed by atoms with Crippen molar-refractivity contribution in [2.45, 2.75) is 35.9 Å². The van der Waals surface area contributed by atoms with Gasteiger partial charge in [0, 0.05) is 16.8 Å². The van der Waals surface area contributed by atoms with Crippen molar-refractivity contribution >= 4 is 50.5 Å². The number of rotatable bonds is 7. The maximum Gasteiger partial charge on any atom is 0.229 e. The minimum absolute atomic E-state index is 0.244. The number of nitrogens with zero attached hydrogens (tertiary/aromatic N) is 2. The Morgan fingerprint density at radius 3 is 2.51 bits per heavy atom. The van der Waals surface area contributed by atoms with E-state index in [1.54, 1.807) is 24.0 Å². The summed E-state index contributed by atoms with van der Waals surface area (Å²) in [6.07, 6.45) is 2.90. The molecule has 1 saturated heterocycles. The first-order valence-corrected chi connectivity index (χ1v) is 14.7. The zero-order valence-electron chi connectivity index (χ0n) is 20.5. The molecule has 2 atom stereocenters. The number of furan rings is 1. The van der Waals surface area contributed by atoms with E-state index in [0.29, 0.717) is 10.8 Å². The number of sulfonamides is 1. The van der Waals surface area contributed by atoms with E-state index < -0.39 is 10.0 Å². The third kappa shape index (κ3) is 5.66. The summed E-state index contributed by atoms with van der Waals surface area (Å²) >= 11 is 7.35. The highest BCUT2D eigenvalue weighted by molar-refractivity contribution is 7.99. The number of benzene rings is 2. The van der Waals surface area contributed by atoms with E-state index in [4.69, 9.17) is 16.6 Å². The molecule has 2 aromatic carbocycles. The van der Waals surface area contributed by atoms with E-state index in [2.05, 4.69) is 46.2 Å². The Hall–Kier alpha value is -3.34. The highest BCUT2D eigenvalue weighted by Crippen LogP contribution is 2.44. The van der Waals surface area contributed by atoms with Gasteiger partial charge in [-0.05, 0) is 86.2 Å². The van der Waals surface area contributed by atoms with Crippen molar-refractivity contribution in [3.05, 3.63) is 102 Å². The third-order valence-corrected chi connectivity index (χ3v) is 7.85. The van der Waals surface area contributed by atoms with Gasteiger partial charge in [0.25, 0.3) is 0 Å². The van der Waals surface area contributed by atoms with Crippen molar-refractivity contribution in [3.63, 3.8) is 0 Å². The standard InChI is InChI=1S/C27H26N4O3S3/c1-17-7-10-20(11-8-17)36-24-14-13-23(34-24)26-25(22-6-4-5-15-28-22)29-27(35)31(26)19-9-12-21(18(2)16-19)30-37(3,32)33/h4-16,25-26,30H,1-3H3,(H,29,35)/t25-,26+/m1/s1. The average Bonchev–Trinajstić information content (AvgIpc) is 3.45. The minimum Gasteiger partial charge on any atom is -0.452 e. The minimum atomic E-state index is -3.39. The van der Waals surface area contributed by atoms with Crippen LogP contribution in [0.5, 0.6) is 0 Å². The number of hydrogen-bond donors (Lipinski definition) is 2. The summed E-state index contributed by atoms with van der Waals surface area (Å²) < 4.78 is 32.5. The molecule has 1 aliphatic heterocycles. The Bertz CT molecular complexity index is 1540. The zero-order valence-corrected chi connectivity index (χ0v) is 23.0. The molecule has 0 radical (unpaired) electrons. The van der Waals surface area contributed by atoms with E-state index in [0.717, 1.165) is 38.9 Å². The molecular formula is C27H26N4O3S3. The highest BCUT2D eigenvalue weighted by atomic mass is 32.2. The molecule has 0 aliphatic carbocycles. The van der Waals surface area contributed by atoms with Gasteiger partial charge >= 0.3 is 0 Å². The first kappa shape index (κ1) is 25.3. The predicted molar refractivity (Wildman–Crippen MR) is 152 cm³/mol. The molecule has 190 valence electrons. The fourth-order valence-corrected chi connectivity index (χ4v) is 6.06. The van der Waals surface area contributed by atoms with E-state index in [1.807, 2.05) is 54.3 Å². The van der Waals surface area contributed by atoms with Crippen LogP contribution >= 0.6 is 24.0 Å². The Morgan fingerprint density at radius 2 is 1.84 bits per heavy atom. The van der Waals surface area contributed by atoms with Crippen LogP contribution in [0.3, 0.4) is 0 Å². The maximum absolute atomic E-state index is 11.8. The zero-order chi connectivity index (χ0) is 26.2. The fraction of sp³-hybridized carbons (Fsp3) is 0.185. The number of hydrogen-bond acceptors (Lipinski definition) is 6. The van der Waals surface area contributed by atoms with E-state index >= 15 is 0 Å². The van der Waals surface area contributed by atoms with Gasteiger partial charge in [0.2, 0.25) is 10.0 Å². The molecule has 3 heterocycles. The molecule has 5 rings (SSSR count). The fourth-order valence-electron chi connectivity index (χ4n) is 4.30. The lowest BCUT2D eigenvalue weighted by atomic mass is 10.0. The van der Waals surface area contributed by atoms with Crippen LogP contribution in [0.15, 0.2) is 93.4 Å². The number of nitrogens with one attached hydrogen (secondary N) is 2. The molecule has 37 heavy (non-hydrogen) atoms. The van der Waals surface area contributed by atoms with Crippen molar-refractivity contribution < 1.29 is 12.8 Å². The van der Waals surface area contributed by atoms with Crippen LogP contribution in [-0.2, 0) is 10.0 Å². The molecule has 2 N–H and O–H groups in total. The monoisotopic (exact) mass is 550 g/mol. The largest absolute Gasteiger partial charge is 0.452 e. The lowest BCUT2D eigenvalue weighted by Crippen LogP contribution is -2.29. The summed E-state index contributed by atoms with van der Waals surface area (Å²) in [5, 5.41) is 4.73. The third-order valence-electron chi connectivity index (χ3n) is 6.01. The van der Waals surface area contributed by atoms with Gasteiger partial charge in [0.1, 0.15) is 11.8 Å². The van der Waals surface area contributed by atoms with Gasteiger partial charge in [-0.2, -0.15) is 0 Å². The molecule has 1 fully saturated rings. The summed E-state index contributed by atoms with van der Waals surface area (Å²) in [4.78, 5) is 7.68. The van der Waals surface area contributed by atoms with E-state index in [9.17, 15) is 8.42 Å². The summed E-state index contributed by atoms with van der Waals surface area (Å²) in [6, 6.07) is 23.0. The molecule has 0 bridgehead atoms. The second-order valence-corrected chi connectivity index (χ2v) is 12.2. The van der Waals surface area contributed by atoms with Crippen molar-refractivity contribution in [2.24, 2.45) is 0 Å². The van der Waals surface area contributed by atoms with Gasteiger partial charge in [-0.15, -0.1) is 0 Å². The number of aryl methyl sites for hydroxylation is 2. The smallest absolute Gasteiger partial charge is 0.229 e. The van der Waals surface area contributed by atoms with Gasteiger partial charge in [0.05, 0.1) is 23.7 Å². The highest BCUT2D eigenvalue weighted by Gasteiger charge is 2.42. The molecule has 10 heteroatoms. The number of anilines is 2. The average molecular weight is 551 g/mol. The quantitative estimate of drug-likeness (QED) is 0.271. The summed E-state index contributed by atoms with van der Waals surface area (Å²) in [5.74, 6) is 0.744. The number of pyridine rings is 1. The van der Waals surface area contributed by atoms with Crippen LogP contribution in [0, 0.1) is 13.8 Å². The normalized spacial score (nSPS) is 17.6. The van der Waals surface area contributed by atoms with Gasteiger partial charge < -0.3 is 14.6 Å². The van der Waals surface area contributed by atoms with Gasteiger partial charge in [0.15, 0.2) is 10.2 Å². The first-order valence-electron chi connectivity index (χ1n) is 11.6. The second kappa shape index (κ2) is 10.2. The molecule has 2 aromatic heterocycles. The van der Waals surface area contributed by atoms with Crippen LogP contribution < -0.4 is 14.9 Å². The first-order chi connectivity index (χ1) is 17.7. The maximum atomic E-state index is 11.8. The summed E-state index contributed by atoms with van der Waals surface area (Å²) in [7, 11) is -3.39. The van der Waals surface area contributed by atoms with E-state index in [-0.39, 0.29) is 12.1 Å².